The first kappa shape index (κ1) is 22.6. The number of nitrogen functional groups attached to an aromatic ring is 1. The Labute approximate surface area is 199 Å². The van der Waals surface area contributed by atoms with E-state index in [4.69, 9.17) is 15.8 Å². The second-order valence-corrected chi connectivity index (χ2v) is 11.2. The van der Waals surface area contributed by atoms with Gasteiger partial charge in [-0.1, -0.05) is 11.6 Å². The normalized spacial score (nSPS) is 18.6. The molecule has 2 aliphatic rings. The van der Waals surface area contributed by atoms with Crippen LogP contribution in [0.4, 0.5) is 11.5 Å². The fourth-order valence-electron chi connectivity index (χ4n) is 5.12. The lowest BCUT2D eigenvalue weighted by Crippen LogP contribution is -2.39. The maximum atomic E-state index is 13.7. The molecule has 1 amide bonds. The summed E-state index contributed by atoms with van der Waals surface area (Å²) in [5.74, 6) is 0.426. The molecule has 1 aromatic carbocycles. The summed E-state index contributed by atoms with van der Waals surface area (Å²) in [7, 11) is -3.53. The van der Waals surface area contributed by atoms with E-state index in [9.17, 15) is 13.2 Å². The number of nitrogens with two attached hydrogens (primary N) is 1. The van der Waals surface area contributed by atoms with Crippen LogP contribution in [-0.2, 0) is 22.9 Å². The zero-order chi connectivity index (χ0) is 24.0. The number of amides is 1. The van der Waals surface area contributed by atoms with Gasteiger partial charge < -0.3 is 10.6 Å². The van der Waals surface area contributed by atoms with Gasteiger partial charge in [-0.2, -0.15) is 9.61 Å². The minimum absolute atomic E-state index is 0.211. The monoisotopic (exact) mass is 482 g/mol. The van der Waals surface area contributed by atoms with Crippen LogP contribution in [0.2, 0.25) is 0 Å². The number of benzene rings is 1. The fourth-order valence-corrected chi connectivity index (χ4v) is 5.70. The summed E-state index contributed by atoms with van der Waals surface area (Å²) in [5, 5.41) is 4.79. The van der Waals surface area contributed by atoms with Crippen LogP contribution in [0, 0.1) is 6.92 Å². The van der Waals surface area contributed by atoms with Gasteiger partial charge in [-0.15, -0.1) is 0 Å². The lowest BCUT2D eigenvalue weighted by atomic mass is 9.96. The molecule has 0 spiro atoms. The van der Waals surface area contributed by atoms with Gasteiger partial charge in [0.1, 0.15) is 5.82 Å². The van der Waals surface area contributed by atoms with Crippen LogP contribution in [0.15, 0.2) is 24.3 Å². The topological polar surface area (TPSA) is 123 Å². The molecular formula is C24H30N6O3S. The predicted molar refractivity (Wildman–Crippen MR) is 131 cm³/mol. The standard InChI is InChI=1S/C24H30N6O3S/c1-15-10-11-19(28-34(2,32)33)17(13-15)24(31)29-12-6-5-9-21(29)20-14-22-26-18-8-4-3-7-16(18)23(25)30(22)27-20/h10-11,13-14,21,28H,3-9,12,25H2,1-2H3. The molecule has 10 heteroatoms. The average Bonchev–Trinajstić information content (AvgIpc) is 3.23. The molecule has 34 heavy (non-hydrogen) atoms. The van der Waals surface area contributed by atoms with Crippen LogP contribution in [0.3, 0.4) is 0 Å². The van der Waals surface area contributed by atoms with Crippen molar-refractivity contribution in [1.29, 1.82) is 0 Å². The van der Waals surface area contributed by atoms with Crippen LogP contribution < -0.4 is 10.5 Å². The van der Waals surface area contributed by atoms with Crippen molar-refractivity contribution < 1.29 is 13.2 Å². The Morgan fingerprint density at radius 3 is 2.74 bits per heavy atom. The number of carbonyl (C=O) groups excluding carboxylic acids is 1. The molecule has 1 atom stereocenters. The highest BCUT2D eigenvalue weighted by Crippen LogP contribution is 2.34. The van der Waals surface area contributed by atoms with Crippen molar-refractivity contribution in [2.45, 2.75) is 57.9 Å². The van der Waals surface area contributed by atoms with E-state index < -0.39 is 10.0 Å². The number of carbonyl (C=O) groups is 1. The van der Waals surface area contributed by atoms with E-state index in [1.54, 1.807) is 22.7 Å². The first-order chi connectivity index (χ1) is 16.2. The van der Waals surface area contributed by atoms with E-state index in [1.807, 2.05) is 17.9 Å². The Kier molecular flexibility index (Phi) is 5.71. The smallest absolute Gasteiger partial charge is 0.256 e. The maximum Gasteiger partial charge on any atom is 0.256 e. The number of piperidine rings is 1. The van der Waals surface area contributed by atoms with Crippen molar-refractivity contribution in [3.05, 3.63) is 52.3 Å². The van der Waals surface area contributed by atoms with Gasteiger partial charge in [0.25, 0.3) is 5.91 Å². The molecule has 1 fully saturated rings. The van der Waals surface area contributed by atoms with Gasteiger partial charge in [-0.3, -0.25) is 9.52 Å². The first-order valence-electron chi connectivity index (χ1n) is 11.8. The molecule has 3 N–H and O–H groups in total. The number of hydrogen-bond acceptors (Lipinski definition) is 6. The Bertz CT molecular complexity index is 1380. The van der Waals surface area contributed by atoms with Crippen molar-refractivity contribution in [3.8, 4) is 0 Å². The minimum Gasteiger partial charge on any atom is -0.383 e. The number of sulfonamides is 1. The van der Waals surface area contributed by atoms with Gasteiger partial charge in [0.05, 0.1) is 29.2 Å². The summed E-state index contributed by atoms with van der Waals surface area (Å²) in [6.45, 7) is 2.45. The third kappa shape index (κ3) is 4.22. The summed E-state index contributed by atoms with van der Waals surface area (Å²) in [4.78, 5) is 20.4. The largest absolute Gasteiger partial charge is 0.383 e. The van der Waals surface area contributed by atoms with E-state index >= 15 is 0 Å². The summed E-state index contributed by atoms with van der Waals surface area (Å²) in [5.41, 5.74) is 11.6. The molecule has 0 radical (unpaired) electrons. The molecule has 1 aliphatic heterocycles. The van der Waals surface area contributed by atoms with Gasteiger partial charge >= 0.3 is 0 Å². The number of nitrogens with zero attached hydrogens (tertiary/aromatic N) is 4. The van der Waals surface area contributed by atoms with Crippen LogP contribution in [0.5, 0.6) is 0 Å². The van der Waals surface area contributed by atoms with Crippen molar-refractivity contribution in [1.82, 2.24) is 19.5 Å². The molecule has 3 aromatic rings. The van der Waals surface area contributed by atoms with E-state index in [-0.39, 0.29) is 17.6 Å². The van der Waals surface area contributed by atoms with Crippen LogP contribution in [0.25, 0.3) is 5.65 Å². The predicted octanol–water partition coefficient (Wildman–Crippen LogP) is 3.24. The number of hydrogen-bond donors (Lipinski definition) is 2. The lowest BCUT2D eigenvalue weighted by molar-refractivity contribution is 0.0607. The molecule has 5 rings (SSSR count). The van der Waals surface area contributed by atoms with E-state index in [1.165, 1.54) is 0 Å². The quantitative estimate of drug-likeness (QED) is 0.589. The molecule has 9 nitrogen and oxygen atoms in total. The summed E-state index contributed by atoms with van der Waals surface area (Å²) in [6.07, 6.45) is 7.76. The summed E-state index contributed by atoms with van der Waals surface area (Å²) < 4.78 is 28.0. The van der Waals surface area contributed by atoms with Crippen molar-refractivity contribution >= 4 is 33.1 Å². The third-order valence-corrected chi connectivity index (χ3v) is 7.33. The minimum atomic E-state index is -3.53. The third-order valence-electron chi connectivity index (χ3n) is 6.74. The molecule has 1 unspecified atom stereocenters. The Morgan fingerprint density at radius 1 is 1.15 bits per heavy atom. The number of anilines is 2. The number of likely N-dealkylation sites (tertiary alicyclic amines) is 1. The second kappa shape index (κ2) is 8.57. The SMILES string of the molecule is Cc1ccc(NS(C)(=O)=O)c(C(=O)N2CCCCC2c2cc3nc4c(c(N)n3n2)CCCC4)c1. The molecule has 3 heterocycles. The zero-order valence-electron chi connectivity index (χ0n) is 19.5. The van der Waals surface area contributed by atoms with Crippen LogP contribution in [0.1, 0.15) is 71.0 Å². The van der Waals surface area contributed by atoms with Crippen LogP contribution >= 0.6 is 0 Å². The van der Waals surface area contributed by atoms with Gasteiger partial charge in [0, 0.05) is 23.9 Å². The number of rotatable bonds is 4. The van der Waals surface area contributed by atoms with Gasteiger partial charge in [-0.25, -0.2) is 13.4 Å². The van der Waals surface area contributed by atoms with Gasteiger partial charge in [0.15, 0.2) is 5.65 Å². The summed E-state index contributed by atoms with van der Waals surface area (Å²) >= 11 is 0. The Hall–Kier alpha value is -3.14. The lowest BCUT2D eigenvalue weighted by Gasteiger charge is -2.35. The van der Waals surface area contributed by atoms with E-state index in [0.29, 0.717) is 23.6 Å². The highest BCUT2D eigenvalue weighted by Gasteiger charge is 2.32. The Morgan fingerprint density at radius 2 is 1.94 bits per heavy atom. The fraction of sp³-hybridized carbons (Fsp3) is 0.458. The highest BCUT2D eigenvalue weighted by atomic mass is 32.2. The number of fused-ring (bicyclic) bond motifs is 2. The maximum absolute atomic E-state index is 13.7. The molecular weight excluding hydrogens is 452 g/mol. The molecule has 2 aromatic heterocycles. The highest BCUT2D eigenvalue weighted by molar-refractivity contribution is 7.92. The number of nitrogens with one attached hydrogen (secondary N) is 1. The molecule has 1 saturated heterocycles. The molecule has 0 saturated carbocycles. The molecule has 180 valence electrons. The number of aromatic nitrogens is 3. The van der Waals surface area contributed by atoms with Crippen LogP contribution in [-0.4, -0.2) is 46.6 Å². The first-order valence-corrected chi connectivity index (χ1v) is 13.7. The average molecular weight is 483 g/mol. The molecule has 1 aliphatic carbocycles. The van der Waals surface area contributed by atoms with Crippen molar-refractivity contribution in [3.63, 3.8) is 0 Å². The van der Waals surface area contributed by atoms with E-state index in [0.717, 1.165) is 73.7 Å². The second-order valence-electron chi connectivity index (χ2n) is 9.40. The zero-order valence-corrected chi connectivity index (χ0v) is 20.4. The van der Waals surface area contributed by atoms with Crippen molar-refractivity contribution in [2.24, 2.45) is 0 Å². The number of aryl methyl sites for hydroxylation is 2. The van der Waals surface area contributed by atoms with Crippen molar-refractivity contribution in [2.75, 3.05) is 23.3 Å². The van der Waals surface area contributed by atoms with Gasteiger partial charge in [-0.05, 0) is 64.0 Å². The Balaban J connectivity index is 1.53. The van der Waals surface area contributed by atoms with Gasteiger partial charge in [0.2, 0.25) is 10.0 Å². The summed E-state index contributed by atoms with van der Waals surface area (Å²) in [6, 6.07) is 6.87. The molecule has 0 bridgehead atoms. The van der Waals surface area contributed by atoms with E-state index in [2.05, 4.69) is 4.72 Å².